The number of hydrogen-bond acceptors (Lipinski definition) is 3. The molecular weight excluding hydrogens is 302 g/mol. The highest BCUT2D eigenvalue weighted by atomic mass is 16.3. The van der Waals surface area contributed by atoms with Gasteiger partial charge in [0.15, 0.2) is 0 Å². The van der Waals surface area contributed by atoms with Crippen molar-refractivity contribution in [2.24, 2.45) is 11.3 Å². The second-order valence-electron chi connectivity index (χ2n) is 8.65. The van der Waals surface area contributed by atoms with Crippen molar-refractivity contribution in [2.75, 3.05) is 19.7 Å². The lowest BCUT2D eigenvalue weighted by atomic mass is 9.85. The van der Waals surface area contributed by atoms with Crippen LogP contribution in [0.5, 0.6) is 0 Å². The molecule has 0 aromatic rings. The predicted molar refractivity (Wildman–Crippen MR) is 95.9 cm³/mol. The minimum atomic E-state index is -0.160. The zero-order valence-corrected chi connectivity index (χ0v) is 15.4. The number of aliphatic hydroxyl groups is 1. The average molecular weight is 338 g/mol. The summed E-state index contributed by atoms with van der Waals surface area (Å²) in [6, 6.07) is 1.04. The third kappa shape index (κ3) is 3.88. The smallest absolute Gasteiger partial charge is 0.315 e. The number of hydrogen-bond donors (Lipinski definition) is 3. The van der Waals surface area contributed by atoms with Crippen LogP contribution in [0.2, 0.25) is 0 Å². The maximum atomic E-state index is 12.4. The molecule has 0 aromatic heterocycles. The van der Waals surface area contributed by atoms with Crippen LogP contribution in [0.15, 0.2) is 0 Å². The van der Waals surface area contributed by atoms with Gasteiger partial charge in [0.25, 0.3) is 0 Å². The highest BCUT2D eigenvalue weighted by molar-refractivity contribution is 5.74. The third-order valence-corrected chi connectivity index (χ3v) is 6.89. The molecule has 3 rings (SSSR count). The van der Waals surface area contributed by atoms with Crippen LogP contribution in [-0.2, 0) is 0 Å². The Morgan fingerprint density at radius 2 is 2.04 bits per heavy atom. The van der Waals surface area contributed by atoms with Crippen molar-refractivity contribution in [3.8, 4) is 0 Å². The molecule has 1 aliphatic heterocycles. The van der Waals surface area contributed by atoms with Gasteiger partial charge in [-0.3, -0.25) is 0 Å². The standard InChI is InChI=1S/C19H35N3O2/c1-14(15-6-5-11-22(12-15)16-7-3-8-16)20-18(24)21-17-9-4-10-19(17,2)13-23/h14-17,23H,3-13H2,1-2H3,(H2,20,21,24). The maximum Gasteiger partial charge on any atom is 0.315 e. The van der Waals surface area contributed by atoms with Gasteiger partial charge in [-0.1, -0.05) is 19.8 Å². The summed E-state index contributed by atoms with van der Waals surface area (Å²) in [6.07, 6.45) is 9.60. The Morgan fingerprint density at radius 1 is 1.25 bits per heavy atom. The fourth-order valence-electron chi connectivity index (χ4n) is 4.72. The van der Waals surface area contributed by atoms with Crippen LogP contribution in [0.3, 0.4) is 0 Å². The molecular formula is C19H35N3O2. The Kier molecular flexibility index (Phi) is 5.70. The first-order valence-corrected chi connectivity index (χ1v) is 9.94. The molecule has 0 bridgehead atoms. The van der Waals surface area contributed by atoms with Crippen LogP contribution < -0.4 is 10.6 Å². The van der Waals surface area contributed by atoms with E-state index in [0.29, 0.717) is 5.92 Å². The number of carbonyl (C=O) groups excluding carboxylic acids is 1. The van der Waals surface area contributed by atoms with E-state index in [1.165, 1.54) is 38.6 Å². The van der Waals surface area contributed by atoms with Gasteiger partial charge in [0.2, 0.25) is 0 Å². The third-order valence-electron chi connectivity index (χ3n) is 6.89. The lowest BCUT2D eigenvalue weighted by Gasteiger charge is -2.44. The molecule has 3 aliphatic rings. The van der Waals surface area contributed by atoms with Crippen LogP contribution in [-0.4, -0.2) is 53.9 Å². The van der Waals surface area contributed by atoms with Gasteiger partial charge >= 0.3 is 6.03 Å². The SMILES string of the molecule is CC(NC(=O)NC1CCCC1(C)CO)C1CCCN(C2CCC2)C1. The van der Waals surface area contributed by atoms with Crippen molar-refractivity contribution in [1.29, 1.82) is 0 Å². The number of piperidine rings is 1. The Morgan fingerprint density at radius 3 is 2.71 bits per heavy atom. The van der Waals surface area contributed by atoms with Gasteiger partial charge in [0.05, 0.1) is 6.61 Å². The van der Waals surface area contributed by atoms with Gasteiger partial charge < -0.3 is 20.6 Å². The summed E-state index contributed by atoms with van der Waals surface area (Å²) in [6.45, 7) is 6.73. The van der Waals surface area contributed by atoms with E-state index in [1.54, 1.807) is 0 Å². The number of carbonyl (C=O) groups is 1. The first-order chi connectivity index (χ1) is 11.5. The van der Waals surface area contributed by atoms with Gasteiger partial charge in [0, 0.05) is 30.1 Å². The topological polar surface area (TPSA) is 64.6 Å². The Bertz CT molecular complexity index is 440. The molecule has 3 N–H and O–H groups in total. The summed E-state index contributed by atoms with van der Waals surface area (Å²) in [7, 11) is 0. The van der Waals surface area contributed by atoms with Crippen molar-refractivity contribution in [3.05, 3.63) is 0 Å². The second kappa shape index (κ2) is 7.61. The van der Waals surface area contributed by atoms with Crippen LogP contribution in [0.25, 0.3) is 0 Å². The van der Waals surface area contributed by atoms with E-state index >= 15 is 0 Å². The normalized spacial score (nSPS) is 36.1. The zero-order chi connectivity index (χ0) is 17.2. The van der Waals surface area contributed by atoms with E-state index in [1.807, 2.05) is 0 Å². The summed E-state index contributed by atoms with van der Waals surface area (Å²) >= 11 is 0. The quantitative estimate of drug-likeness (QED) is 0.722. The lowest BCUT2D eigenvalue weighted by molar-refractivity contribution is 0.0675. The molecule has 5 nitrogen and oxygen atoms in total. The average Bonchev–Trinajstić information content (AvgIpc) is 2.87. The van der Waals surface area contributed by atoms with Crippen molar-refractivity contribution in [1.82, 2.24) is 15.5 Å². The van der Waals surface area contributed by atoms with E-state index in [-0.39, 0.29) is 30.1 Å². The van der Waals surface area contributed by atoms with Crippen LogP contribution >= 0.6 is 0 Å². The van der Waals surface area contributed by atoms with E-state index in [0.717, 1.165) is 31.8 Å². The molecule has 0 spiro atoms. The van der Waals surface area contributed by atoms with Crippen LogP contribution in [0.1, 0.15) is 65.2 Å². The molecule has 2 saturated carbocycles. The van der Waals surface area contributed by atoms with Gasteiger partial charge in [-0.05, 0) is 57.9 Å². The number of amides is 2. The molecule has 0 radical (unpaired) electrons. The minimum absolute atomic E-state index is 0.0603. The van der Waals surface area contributed by atoms with Crippen LogP contribution in [0, 0.1) is 11.3 Å². The number of nitrogens with one attached hydrogen (secondary N) is 2. The largest absolute Gasteiger partial charge is 0.396 e. The molecule has 138 valence electrons. The number of aliphatic hydroxyl groups excluding tert-OH is 1. The molecule has 2 amide bonds. The van der Waals surface area contributed by atoms with Crippen LogP contribution in [0.4, 0.5) is 4.79 Å². The van der Waals surface area contributed by atoms with Crippen molar-refractivity contribution in [3.63, 3.8) is 0 Å². The molecule has 2 aliphatic carbocycles. The molecule has 4 unspecified atom stereocenters. The van der Waals surface area contributed by atoms with Crippen molar-refractivity contribution < 1.29 is 9.90 Å². The van der Waals surface area contributed by atoms with Crippen molar-refractivity contribution in [2.45, 2.75) is 83.3 Å². The second-order valence-corrected chi connectivity index (χ2v) is 8.65. The van der Waals surface area contributed by atoms with E-state index in [4.69, 9.17) is 0 Å². The van der Waals surface area contributed by atoms with E-state index in [9.17, 15) is 9.90 Å². The Hall–Kier alpha value is -0.810. The maximum absolute atomic E-state index is 12.4. The van der Waals surface area contributed by atoms with Gasteiger partial charge in [-0.15, -0.1) is 0 Å². The van der Waals surface area contributed by atoms with Gasteiger partial charge in [0.1, 0.15) is 0 Å². The monoisotopic (exact) mass is 337 g/mol. The van der Waals surface area contributed by atoms with Gasteiger partial charge in [-0.2, -0.15) is 0 Å². The summed E-state index contributed by atoms with van der Waals surface area (Å²) in [4.78, 5) is 15.1. The Balaban J connectivity index is 1.47. The zero-order valence-electron chi connectivity index (χ0n) is 15.4. The number of rotatable bonds is 5. The Labute approximate surface area is 146 Å². The predicted octanol–water partition coefficient (Wildman–Crippen LogP) is 2.49. The number of urea groups is 1. The molecule has 24 heavy (non-hydrogen) atoms. The first-order valence-electron chi connectivity index (χ1n) is 9.94. The molecule has 0 aromatic carbocycles. The fraction of sp³-hybridized carbons (Fsp3) is 0.947. The highest BCUT2D eigenvalue weighted by Gasteiger charge is 2.39. The van der Waals surface area contributed by atoms with Crippen molar-refractivity contribution >= 4 is 6.03 Å². The molecule has 4 atom stereocenters. The first kappa shape index (κ1) is 18.0. The summed E-state index contributed by atoms with van der Waals surface area (Å²) < 4.78 is 0. The number of nitrogens with zero attached hydrogens (tertiary/aromatic N) is 1. The molecule has 1 saturated heterocycles. The minimum Gasteiger partial charge on any atom is -0.396 e. The van der Waals surface area contributed by atoms with Gasteiger partial charge in [-0.25, -0.2) is 4.79 Å². The van der Waals surface area contributed by atoms with E-state index in [2.05, 4.69) is 29.4 Å². The van der Waals surface area contributed by atoms with E-state index < -0.39 is 0 Å². The lowest BCUT2D eigenvalue weighted by Crippen LogP contribution is -2.54. The summed E-state index contributed by atoms with van der Waals surface area (Å²) in [5, 5.41) is 15.9. The summed E-state index contributed by atoms with van der Waals surface area (Å²) in [5.74, 6) is 0.554. The molecule has 1 heterocycles. The molecule has 3 fully saturated rings. The fourth-order valence-corrected chi connectivity index (χ4v) is 4.72. The number of likely N-dealkylation sites (tertiary alicyclic amines) is 1. The highest BCUT2D eigenvalue weighted by Crippen LogP contribution is 2.37. The molecule has 5 heteroatoms. The summed E-state index contributed by atoms with van der Waals surface area (Å²) in [5.41, 5.74) is -0.160.